The van der Waals surface area contributed by atoms with Crippen LogP contribution in [0.1, 0.15) is 30.5 Å². The Balaban J connectivity index is 1.44. The minimum Gasteiger partial charge on any atom is -0.494 e. The van der Waals surface area contributed by atoms with E-state index in [2.05, 4.69) is 62.7 Å². The van der Waals surface area contributed by atoms with E-state index in [0.29, 0.717) is 13.2 Å². The number of hydrogen-bond donors (Lipinski definition) is 2. The number of aliphatic imine (C=N–C) groups is 1. The van der Waals surface area contributed by atoms with Gasteiger partial charge >= 0.3 is 0 Å². The number of para-hydroxylation sites is 1. The average molecular weight is 424 g/mol. The highest BCUT2D eigenvalue weighted by molar-refractivity contribution is 5.79. The molecule has 1 fully saturated rings. The van der Waals surface area contributed by atoms with Crippen molar-refractivity contribution in [3.8, 4) is 5.75 Å². The van der Waals surface area contributed by atoms with Gasteiger partial charge in [0.05, 0.1) is 6.61 Å². The predicted octanol–water partition coefficient (Wildman–Crippen LogP) is 3.09. The standard InChI is InChI=1S/C25H37N5O/c1-4-29-14-16-30(17-15-29)20-22-12-10-21(11-13-22)18-27-25(26-3)28-19-23-8-6-7-9-24(23)31-5-2/h6-13H,4-5,14-20H2,1-3H3,(H2,26,27,28). The molecule has 31 heavy (non-hydrogen) atoms. The highest BCUT2D eigenvalue weighted by Gasteiger charge is 2.15. The second-order valence-electron chi connectivity index (χ2n) is 7.85. The lowest BCUT2D eigenvalue weighted by molar-refractivity contribution is 0.132. The van der Waals surface area contributed by atoms with Crippen LogP contribution in [0.15, 0.2) is 53.5 Å². The topological polar surface area (TPSA) is 52.1 Å². The average Bonchev–Trinajstić information content (AvgIpc) is 2.82. The largest absolute Gasteiger partial charge is 0.494 e. The van der Waals surface area contributed by atoms with Gasteiger partial charge in [-0.15, -0.1) is 0 Å². The third-order valence-electron chi connectivity index (χ3n) is 5.74. The van der Waals surface area contributed by atoms with Gasteiger partial charge in [0.2, 0.25) is 0 Å². The zero-order chi connectivity index (χ0) is 21.9. The van der Waals surface area contributed by atoms with Crippen molar-refractivity contribution in [2.75, 3.05) is 46.4 Å². The van der Waals surface area contributed by atoms with Crippen molar-refractivity contribution in [3.05, 3.63) is 65.2 Å². The normalized spacial score (nSPS) is 15.6. The van der Waals surface area contributed by atoms with E-state index in [1.807, 2.05) is 25.1 Å². The van der Waals surface area contributed by atoms with Crippen LogP contribution in [0.2, 0.25) is 0 Å². The molecule has 6 heteroatoms. The number of hydrogen-bond acceptors (Lipinski definition) is 4. The summed E-state index contributed by atoms with van der Waals surface area (Å²) in [7, 11) is 1.80. The van der Waals surface area contributed by atoms with E-state index in [0.717, 1.165) is 50.0 Å². The van der Waals surface area contributed by atoms with E-state index >= 15 is 0 Å². The van der Waals surface area contributed by atoms with E-state index in [1.54, 1.807) is 7.05 Å². The van der Waals surface area contributed by atoms with Crippen molar-refractivity contribution >= 4 is 5.96 Å². The quantitative estimate of drug-likeness (QED) is 0.480. The van der Waals surface area contributed by atoms with Crippen LogP contribution in [0.5, 0.6) is 5.75 Å². The van der Waals surface area contributed by atoms with E-state index in [1.165, 1.54) is 24.2 Å². The lowest BCUT2D eigenvalue weighted by Gasteiger charge is -2.34. The zero-order valence-corrected chi connectivity index (χ0v) is 19.2. The first-order valence-corrected chi connectivity index (χ1v) is 11.4. The summed E-state index contributed by atoms with van der Waals surface area (Å²) in [6, 6.07) is 17.0. The van der Waals surface area contributed by atoms with Crippen molar-refractivity contribution in [2.45, 2.75) is 33.5 Å². The monoisotopic (exact) mass is 423 g/mol. The fraction of sp³-hybridized carbons (Fsp3) is 0.480. The van der Waals surface area contributed by atoms with Crippen LogP contribution in [0.4, 0.5) is 0 Å². The molecule has 1 aliphatic rings. The van der Waals surface area contributed by atoms with Gasteiger partial charge in [-0.25, -0.2) is 0 Å². The number of rotatable bonds is 9. The van der Waals surface area contributed by atoms with Gasteiger partial charge in [-0.1, -0.05) is 49.4 Å². The third kappa shape index (κ3) is 7.26. The lowest BCUT2D eigenvalue weighted by atomic mass is 10.1. The third-order valence-corrected chi connectivity index (χ3v) is 5.74. The first-order valence-electron chi connectivity index (χ1n) is 11.4. The molecule has 6 nitrogen and oxygen atoms in total. The fourth-order valence-corrected chi connectivity index (χ4v) is 3.82. The van der Waals surface area contributed by atoms with Gasteiger partial charge in [0, 0.05) is 58.4 Å². The van der Waals surface area contributed by atoms with Crippen molar-refractivity contribution < 1.29 is 4.74 Å². The Morgan fingerprint density at radius 1 is 0.871 bits per heavy atom. The number of piperazine rings is 1. The summed E-state index contributed by atoms with van der Waals surface area (Å²) in [4.78, 5) is 9.41. The molecule has 2 N–H and O–H groups in total. The smallest absolute Gasteiger partial charge is 0.191 e. The van der Waals surface area contributed by atoms with Crippen LogP contribution in [-0.4, -0.2) is 62.1 Å². The number of likely N-dealkylation sites (N-methyl/N-ethyl adjacent to an activating group) is 1. The molecule has 0 atom stereocenters. The molecule has 0 radical (unpaired) electrons. The second-order valence-corrected chi connectivity index (χ2v) is 7.85. The van der Waals surface area contributed by atoms with Gasteiger partial charge < -0.3 is 20.3 Å². The Bertz CT molecular complexity index is 813. The van der Waals surface area contributed by atoms with Crippen molar-refractivity contribution in [2.24, 2.45) is 4.99 Å². The van der Waals surface area contributed by atoms with Crippen LogP contribution >= 0.6 is 0 Å². The van der Waals surface area contributed by atoms with Gasteiger partial charge in [-0.3, -0.25) is 9.89 Å². The number of guanidine groups is 1. The molecule has 2 aromatic carbocycles. The van der Waals surface area contributed by atoms with Crippen LogP contribution in [0, 0.1) is 0 Å². The summed E-state index contributed by atoms with van der Waals surface area (Å²) in [6.45, 7) is 13.2. The molecule has 168 valence electrons. The summed E-state index contributed by atoms with van der Waals surface area (Å²) in [5, 5.41) is 6.78. The van der Waals surface area contributed by atoms with Gasteiger partial charge in [0.1, 0.15) is 5.75 Å². The maximum absolute atomic E-state index is 5.70. The molecule has 0 amide bonds. The highest BCUT2D eigenvalue weighted by atomic mass is 16.5. The number of nitrogens with zero attached hydrogens (tertiary/aromatic N) is 3. The Morgan fingerprint density at radius 2 is 1.52 bits per heavy atom. The number of nitrogens with one attached hydrogen (secondary N) is 2. The molecule has 0 unspecified atom stereocenters. The number of benzene rings is 2. The van der Waals surface area contributed by atoms with Gasteiger partial charge in [0.25, 0.3) is 0 Å². The molecular weight excluding hydrogens is 386 g/mol. The molecule has 0 saturated carbocycles. The molecular formula is C25H37N5O. The summed E-state index contributed by atoms with van der Waals surface area (Å²) in [6.07, 6.45) is 0. The maximum atomic E-state index is 5.70. The molecule has 1 saturated heterocycles. The summed E-state index contributed by atoms with van der Waals surface area (Å²) < 4.78 is 5.70. The van der Waals surface area contributed by atoms with E-state index in [4.69, 9.17) is 4.74 Å². The zero-order valence-electron chi connectivity index (χ0n) is 19.2. The summed E-state index contributed by atoms with van der Waals surface area (Å²) in [5.41, 5.74) is 3.75. The van der Waals surface area contributed by atoms with Gasteiger partial charge in [0.15, 0.2) is 5.96 Å². The molecule has 2 aromatic rings. The molecule has 3 rings (SSSR count). The van der Waals surface area contributed by atoms with E-state index in [-0.39, 0.29) is 0 Å². The SMILES string of the molecule is CCOc1ccccc1CNC(=NC)NCc1ccc(CN2CCN(CC)CC2)cc1. The van der Waals surface area contributed by atoms with Gasteiger partial charge in [-0.05, 0) is 30.7 Å². The van der Waals surface area contributed by atoms with Crippen LogP contribution in [-0.2, 0) is 19.6 Å². The Hall–Kier alpha value is -2.57. The summed E-state index contributed by atoms with van der Waals surface area (Å²) >= 11 is 0. The molecule has 0 spiro atoms. The van der Waals surface area contributed by atoms with Crippen LogP contribution in [0.25, 0.3) is 0 Å². The van der Waals surface area contributed by atoms with Crippen molar-refractivity contribution in [3.63, 3.8) is 0 Å². The highest BCUT2D eigenvalue weighted by Crippen LogP contribution is 2.17. The molecule has 0 aliphatic carbocycles. The minimum absolute atomic E-state index is 0.662. The van der Waals surface area contributed by atoms with Crippen LogP contribution < -0.4 is 15.4 Å². The fourth-order valence-electron chi connectivity index (χ4n) is 3.82. The number of ether oxygens (including phenoxy) is 1. The maximum Gasteiger partial charge on any atom is 0.191 e. The van der Waals surface area contributed by atoms with E-state index < -0.39 is 0 Å². The first kappa shape index (κ1) is 23.1. The Kier molecular flexibility index (Phi) is 9.18. The molecule has 0 bridgehead atoms. The predicted molar refractivity (Wildman–Crippen MR) is 128 cm³/mol. The van der Waals surface area contributed by atoms with Crippen molar-refractivity contribution in [1.29, 1.82) is 0 Å². The molecule has 0 aromatic heterocycles. The molecule has 1 aliphatic heterocycles. The lowest BCUT2D eigenvalue weighted by Crippen LogP contribution is -2.45. The Labute approximate surface area is 187 Å². The van der Waals surface area contributed by atoms with Gasteiger partial charge in [-0.2, -0.15) is 0 Å². The second kappa shape index (κ2) is 12.3. The van der Waals surface area contributed by atoms with Crippen LogP contribution in [0.3, 0.4) is 0 Å². The first-order chi connectivity index (χ1) is 15.2. The minimum atomic E-state index is 0.662. The summed E-state index contributed by atoms with van der Waals surface area (Å²) in [5.74, 6) is 1.70. The van der Waals surface area contributed by atoms with E-state index in [9.17, 15) is 0 Å². The van der Waals surface area contributed by atoms with Crippen molar-refractivity contribution in [1.82, 2.24) is 20.4 Å². The molecule has 1 heterocycles. The Morgan fingerprint density at radius 3 is 2.19 bits per heavy atom.